The molecule has 11 heteroatoms. The smallest absolute Gasteiger partial charge is 0.427 e. The molecule has 4 heterocycles. The Morgan fingerprint density at radius 1 is 1.00 bits per heavy atom. The fourth-order valence-corrected chi connectivity index (χ4v) is 6.73. The molecule has 0 amide bonds. The average molecular weight is 654 g/mol. The predicted octanol–water partition coefficient (Wildman–Crippen LogP) is 6.36. The second kappa shape index (κ2) is 12.3. The van der Waals surface area contributed by atoms with Crippen LogP contribution in [0.4, 0.5) is 10.6 Å². The van der Waals surface area contributed by atoms with Crippen LogP contribution < -0.4 is 4.90 Å². The van der Waals surface area contributed by atoms with Crippen LogP contribution in [0.5, 0.6) is 0 Å². The quantitative estimate of drug-likeness (QED) is 0.214. The van der Waals surface area contributed by atoms with Gasteiger partial charge in [-0.15, -0.1) is 5.06 Å². The van der Waals surface area contributed by atoms with Crippen LogP contribution >= 0.6 is 27.5 Å². The van der Waals surface area contributed by atoms with Gasteiger partial charge in [-0.2, -0.15) is 9.47 Å². The Morgan fingerprint density at radius 3 is 2.52 bits per heavy atom. The SMILES string of the molecule is CC(C)(C)OC(=O)ON1CCc2c(c(-c3ccc(Br)cc3)nn2CCCN2CCN(c3nsc4ccccc34)CC2)C1. The molecular formula is C31H37BrN6O3S. The van der Waals surface area contributed by atoms with E-state index in [1.807, 2.05) is 32.9 Å². The number of hydrogen-bond donors (Lipinski definition) is 0. The van der Waals surface area contributed by atoms with Crippen LogP contribution in [0.2, 0.25) is 0 Å². The summed E-state index contributed by atoms with van der Waals surface area (Å²) >= 11 is 5.13. The summed E-state index contributed by atoms with van der Waals surface area (Å²) in [6.07, 6.45) is 1.10. The summed E-state index contributed by atoms with van der Waals surface area (Å²) in [5, 5.41) is 8.04. The number of aryl methyl sites for hydroxylation is 1. The third kappa shape index (κ3) is 6.64. The van der Waals surface area contributed by atoms with Crippen molar-refractivity contribution in [3.63, 3.8) is 0 Å². The van der Waals surface area contributed by atoms with Crippen molar-refractivity contribution in [1.29, 1.82) is 0 Å². The summed E-state index contributed by atoms with van der Waals surface area (Å²) in [6.45, 7) is 12.5. The summed E-state index contributed by atoms with van der Waals surface area (Å²) in [5.41, 5.74) is 3.72. The van der Waals surface area contributed by atoms with Gasteiger partial charge in [0.05, 0.1) is 16.9 Å². The lowest BCUT2D eigenvalue weighted by atomic mass is 10.0. The lowest BCUT2D eigenvalue weighted by Gasteiger charge is -2.35. The number of hydroxylamine groups is 2. The number of rotatable bonds is 7. The minimum absolute atomic E-state index is 0.479. The van der Waals surface area contributed by atoms with Gasteiger partial charge in [0.25, 0.3) is 0 Å². The molecule has 0 atom stereocenters. The Bertz CT molecular complexity index is 1540. The van der Waals surface area contributed by atoms with E-state index in [1.165, 1.54) is 15.8 Å². The predicted molar refractivity (Wildman–Crippen MR) is 170 cm³/mol. The van der Waals surface area contributed by atoms with E-state index in [-0.39, 0.29) is 0 Å². The van der Waals surface area contributed by atoms with E-state index in [0.29, 0.717) is 13.1 Å². The second-order valence-corrected chi connectivity index (χ2v) is 13.6. The number of carbonyl (C=O) groups is 1. The summed E-state index contributed by atoms with van der Waals surface area (Å²) in [6, 6.07) is 16.7. The molecular weight excluding hydrogens is 616 g/mol. The number of aromatic nitrogens is 3. The van der Waals surface area contributed by atoms with Crippen molar-refractivity contribution in [2.24, 2.45) is 0 Å². The molecule has 6 rings (SSSR count). The molecule has 9 nitrogen and oxygen atoms in total. The fraction of sp³-hybridized carbons (Fsp3) is 0.452. The van der Waals surface area contributed by atoms with Gasteiger partial charge in [-0.25, -0.2) is 4.79 Å². The number of halogens is 1. The first kappa shape index (κ1) is 29.1. The Labute approximate surface area is 259 Å². The maximum absolute atomic E-state index is 12.4. The molecule has 0 unspecified atom stereocenters. The third-order valence-electron chi connectivity index (χ3n) is 7.68. The maximum Gasteiger partial charge on any atom is 0.528 e. The van der Waals surface area contributed by atoms with E-state index < -0.39 is 11.8 Å². The van der Waals surface area contributed by atoms with Gasteiger partial charge in [0, 0.05) is 78.9 Å². The van der Waals surface area contributed by atoms with E-state index >= 15 is 0 Å². The van der Waals surface area contributed by atoms with Crippen LogP contribution in [0.25, 0.3) is 21.3 Å². The van der Waals surface area contributed by atoms with Gasteiger partial charge < -0.3 is 14.5 Å². The summed E-state index contributed by atoms with van der Waals surface area (Å²) in [5.74, 6) is 1.13. The number of benzene rings is 2. The molecule has 2 aromatic heterocycles. The van der Waals surface area contributed by atoms with Gasteiger partial charge in [0.1, 0.15) is 11.4 Å². The van der Waals surface area contributed by atoms with Gasteiger partial charge in [-0.3, -0.25) is 9.58 Å². The molecule has 222 valence electrons. The fourth-order valence-electron chi connectivity index (χ4n) is 5.67. The van der Waals surface area contributed by atoms with Crippen LogP contribution in [0.1, 0.15) is 38.4 Å². The number of piperazine rings is 1. The monoisotopic (exact) mass is 652 g/mol. The van der Waals surface area contributed by atoms with Crippen LogP contribution in [0.3, 0.4) is 0 Å². The van der Waals surface area contributed by atoms with Gasteiger partial charge >= 0.3 is 6.16 Å². The Hall–Kier alpha value is -2.99. The molecule has 42 heavy (non-hydrogen) atoms. The van der Waals surface area contributed by atoms with Crippen molar-refractivity contribution in [2.45, 2.75) is 52.3 Å². The largest absolute Gasteiger partial charge is 0.528 e. The number of ether oxygens (including phenoxy) is 1. The van der Waals surface area contributed by atoms with Crippen molar-refractivity contribution in [1.82, 2.24) is 24.1 Å². The number of anilines is 1. The van der Waals surface area contributed by atoms with E-state index in [0.717, 1.165) is 79.2 Å². The molecule has 0 bridgehead atoms. The normalized spacial score (nSPS) is 16.5. The second-order valence-electron chi connectivity index (χ2n) is 11.9. The molecule has 2 aliphatic heterocycles. The standard InChI is InChI=1S/C31H37BrN6O3S/c1-31(2,3)40-30(39)41-37-16-13-26-25(21-37)28(22-9-11-23(32)12-10-22)33-38(26)15-6-14-35-17-19-36(20-18-35)29-24-7-4-5-8-27(24)42-34-29/h4-5,7-12H,6,13-21H2,1-3H3. The lowest BCUT2D eigenvalue weighted by molar-refractivity contribution is -0.151. The molecule has 0 spiro atoms. The van der Waals surface area contributed by atoms with Gasteiger partial charge in [-0.05, 0) is 63.0 Å². The lowest BCUT2D eigenvalue weighted by Crippen LogP contribution is -2.47. The van der Waals surface area contributed by atoms with Crippen molar-refractivity contribution >= 4 is 49.5 Å². The highest BCUT2D eigenvalue weighted by Gasteiger charge is 2.29. The first-order valence-electron chi connectivity index (χ1n) is 14.6. The average Bonchev–Trinajstić information content (AvgIpc) is 3.55. The van der Waals surface area contributed by atoms with Crippen molar-refractivity contribution in [3.05, 3.63) is 64.3 Å². The molecule has 1 saturated heterocycles. The highest BCUT2D eigenvalue weighted by atomic mass is 79.9. The van der Waals surface area contributed by atoms with Crippen LogP contribution in [0, 0.1) is 0 Å². The van der Waals surface area contributed by atoms with Gasteiger partial charge in [0.2, 0.25) is 0 Å². The van der Waals surface area contributed by atoms with E-state index in [2.05, 4.69) is 66.8 Å². The van der Waals surface area contributed by atoms with Gasteiger partial charge in [-0.1, -0.05) is 40.2 Å². The number of hydrogen-bond acceptors (Lipinski definition) is 9. The minimum Gasteiger partial charge on any atom is -0.427 e. The Balaban J connectivity index is 1.09. The first-order chi connectivity index (χ1) is 20.2. The van der Waals surface area contributed by atoms with Crippen LogP contribution in [-0.2, 0) is 29.1 Å². The zero-order valence-corrected chi connectivity index (χ0v) is 26.8. The van der Waals surface area contributed by atoms with Gasteiger partial charge in [0.15, 0.2) is 0 Å². The molecule has 4 aromatic rings. The maximum atomic E-state index is 12.4. The highest BCUT2D eigenvalue weighted by molar-refractivity contribution is 9.10. The molecule has 0 radical (unpaired) electrons. The number of fused-ring (bicyclic) bond motifs is 2. The zero-order valence-electron chi connectivity index (χ0n) is 24.4. The van der Waals surface area contributed by atoms with Crippen molar-refractivity contribution < 1.29 is 14.4 Å². The molecule has 0 aliphatic carbocycles. The highest BCUT2D eigenvalue weighted by Crippen LogP contribution is 2.32. The van der Waals surface area contributed by atoms with Crippen LogP contribution in [0.15, 0.2) is 53.0 Å². The van der Waals surface area contributed by atoms with E-state index in [9.17, 15) is 4.79 Å². The summed E-state index contributed by atoms with van der Waals surface area (Å²) in [7, 11) is 0. The molecule has 0 saturated carbocycles. The zero-order chi connectivity index (χ0) is 29.3. The molecule has 1 fully saturated rings. The first-order valence-corrected chi connectivity index (χ1v) is 16.1. The molecule has 2 aromatic carbocycles. The van der Waals surface area contributed by atoms with E-state index in [4.69, 9.17) is 19.0 Å². The van der Waals surface area contributed by atoms with Crippen LogP contribution in [-0.4, -0.2) is 75.1 Å². The third-order valence-corrected chi connectivity index (χ3v) is 9.03. The van der Waals surface area contributed by atoms with Crippen molar-refractivity contribution in [3.8, 4) is 11.3 Å². The summed E-state index contributed by atoms with van der Waals surface area (Å²) in [4.78, 5) is 22.9. The minimum atomic E-state index is -0.674. The number of nitrogens with zero attached hydrogens (tertiary/aromatic N) is 6. The molecule has 2 aliphatic rings. The Morgan fingerprint density at radius 2 is 1.76 bits per heavy atom. The Kier molecular flexibility index (Phi) is 8.53. The number of carbonyl (C=O) groups excluding carboxylic acids is 1. The van der Waals surface area contributed by atoms with E-state index in [1.54, 1.807) is 16.6 Å². The van der Waals surface area contributed by atoms with Crippen molar-refractivity contribution in [2.75, 3.05) is 44.2 Å². The topological polar surface area (TPSA) is 76.0 Å². The summed E-state index contributed by atoms with van der Waals surface area (Å²) < 4.78 is 14.6. The molecule has 0 N–H and O–H groups in total.